The van der Waals surface area contributed by atoms with E-state index in [4.69, 9.17) is 0 Å². The van der Waals surface area contributed by atoms with Gasteiger partial charge in [0, 0.05) is 26.7 Å². The van der Waals surface area contributed by atoms with Gasteiger partial charge in [-0.3, -0.25) is 4.79 Å². The lowest BCUT2D eigenvalue weighted by atomic mass is 9.88. The number of hydrogen-bond acceptors (Lipinski definition) is 4. The van der Waals surface area contributed by atoms with Gasteiger partial charge in [0.15, 0.2) is 0 Å². The molecule has 20 heavy (non-hydrogen) atoms. The third-order valence-corrected chi connectivity index (χ3v) is 6.74. The quantitative estimate of drug-likeness (QED) is 0.785. The van der Waals surface area contributed by atoms with Gasteiger partial charge in [0.05, 0.1) is 17.3 Å². The van der Waals surface area contributed by atoms with Crippen molar-refractivity contribution < 1.29 is 18.3 Å². The lowest BCUT2D eigenvalue weighted by molar-refractivity contribution is -0.136. The first-order chi connectivity index (χ1) is 9.28. The van der Waals surface area contributed by atoms with Crippen molar-refractivity contribution in [3.8, 4) is 0 Å². The number of rotatable bonds is 5. The summed E-state index contributed by atoms with van der Waals surface area (Å²) >= 11 is 0. The van der Waals surface area contributed by atoms with Gasteiger partial charge in [-0.1, -0.05) is 0 Å². The first-order valence-electron chi connectivity index (χ1n) is 7.24. The van der Waals surface area contributed by atoms with Crippen LogP contribution in [0.3, 0.4) is 0 Å². The van der Waals surface area contributed by atoms with E-state index in [-0.39, 0.29) is 17.6 Å². The number of hydrogen-bond donors (Lipinski definition) is 1. The molecular weight excluding hydrogens is 280 g/mol. The summed E-state index contributed by atoms with van der Waals surface area (Å²) < 4.78 is 25.7. The Bertz CT molecular complexity index is 465. The number of nitrogens with zero attached hydrogens (tertiary/aromatic N) is 2. The third kappa shape index (κ3) is 3.32. The van der Waals surface area contributed by atoms with Crippen molar-refractivity contribution in [3.05, 3.63) is 0 Å². The third-order valence-electron chi connectivity index (χ3n) is 4.34. The molecule has 0 bridgehead atoms. The molecule has 1 amide bonds. The normalized spacial score (nSPS) is 23.6. The van der Waals surface area contributed by atoms with Crippen LogP contribution >= 0.6 is 0 Å². The summed E-state index contributed by atoms with van der Waals surface area (Å²) in [7, 11) is -1.45. The Labute approximate surface area is 120 Å². The first-order valence-corrected chi connectivity index (χ1v) is 8.74. The number of carbonyl (C=O) groups is 1. The molecule has 2 fully saturated rings. The van der Waals surface area contributed by atoms with E-state index in [1.165, 1.54) is 4.31 Å². The van der Waals surface area contributed by atoms with Crippen molar-refractivity contribution in [2.45, 2.75) is 49.9 Å². The molecular formula is C13H24N2O4S. The maximum Gasteiger partial charge on any atom is 0.225 e. The summed E-state index contributed by atoms with van der Waals surface area (Å²) in [6, 6.07) is 0. The Kier molecular flexibility index (Phi) is 4.41. The van der Waals surface area contributed by atoms with E-state index in [2.05, 4.69) is 0 Å². The van der Waals surface area contributed by atoms with Gasteiger partial charge < -0.3 is 10.0 Å². The average Bonchev–Trinajstić information content (AvgIpc) is 3.22. The SMILES string of the molecule is CCN(C)C(=O)CC1(O)CCN(S(=O)(=O)C2CC2)CC1. The van der Waals surface area contributed by atoms with E-state index in [9.17, 15) is 18.3 Å². The lowest BCUT2D eigenvalue weighted by Crippen LogP contribution is -2.49. The summed E-state index contributed by atoms with van der Waals surface area (Å²) in [6.45, 7) is 3.13. The Balaban J connectivity index is 1.91. The number of carbonyl (C=O) groups excluding carboxylic acids is 1. The van der Waals surface area contributed by atoms with E-state index < -0.39 is 15.6 Å². The zero-order chi connectivity index (χ0) is 15.0. The van der Waals surface area contributed by atoms with Crippen LogP contribution in [0.2, 0.25) is 0 Å². The highest BCUT2D eigenvalue weighted by Gasteiger charge is 2.44. The fourth-order valence-corrected chi connectivity index (χ4v) is 4.35. The van der Waals surface area contributed by atoms with Crippen molar-refractivity contribution in [1.29, 1.82) is 0 Å². The Morgan fingerprint density at radius 2 is 1.90 bits per heavy atom. The average molecular weight is 304 g/mol. The van der Waals surface area contributed by atoms with Crippen LogP contribution in [0, 0.1) is 0 Å². The summed E-state index contributed by atoms with van der Waals surface area (Å²) in [6.07, 6.45) is 2.25. The van der Waals surface area contributed by atoms with Crippen molar-refractivity contribution >= 4 is 15.9 Å². The molecule has 1 heterocycles. The van der Waals surface area contributed by atoms with Crippen LogP contribution in [0.5, 0.6) is 0 Å². The van der Waals surface area contributed by atoms with Gasteiger partial charge >= 0.3 is 0 Å². The van der Waals surface area contributed by atoms with Gasteiger partial charge in [0.2, 0.25) is 15.9 Å². The molecule has 1 aliphatic heterocycles. The van der Waals surface area contributed by atoms with Gasteiger partial charge in [-0.25, -0.2) is 12.7 Å². The standard InChI is InChI=1S/C13H24N2O4S/c1-3-14(2)12(16)10-13(17)6-8-15(9-7-13)20(18,19)11-4-5-11/h11,17H,3-10H2,1-2H3. The molecule has 0 spiro atoms. The topological polar surface area (TPSA) is 77.9 Å². The Hall–Kier alpha value is -0.660. The fourth-order valence-electron chi connectivity index (χ4n) is 2.50. The van der Waals surface area contributed by atoms with E-state index in [0.717, 1.165) is 12.8 Å². The smallest absolute Gasteiger partial charge is 0.225 e. The fraction of sp³-hybridized carbons (Fsp3) is 0.923. The molecule has 0 radical (unpaired) electrons. The van der Waals surface area contributed by atoms with Crippen molar-refractivity contribution in [2.24, 2.45) is 0 Å². The molecule has 2 aliphatic rings. The maximum absolute atomic E-state index is 12.1. The zero-order valence-electron chi connectivity index (χ0n) is 12.2. The van der Waals surface area contributed by atoms with Crippen LogP contribution in [-0.2, 0) is 14.8 Å². The predicted octanol–water partition coefficient (Wildman–Crippen LogP) is 0.174. The number of sulfonamides is 1. The van der Waals surface area contributed by atoms with Crippen LogP contribution in [0.25, 0.3) is 0 Å². The second-order valence-electron chi connectivity index (χ2n) is 5.95. The predicted molar refractivity (Wildman–Crippen MR) is 75.6 cm³/mol. The Morgan fingerprint density at radius 3 is 2.35 bits per heavy atom. The Morgan fingerprint density at radius 1 is 1.35 bits per heavy atom. The molecule has 6 nitrogen and oxygen atoms in total. The highest BCUT2D eigenvalue weighted by atomic mass is 32.2. The number of aliphatic hydroxyl groups is 1. The lowest BCUT2D eigenvalue weighted by Gasteiger charge is -2.37. The van der Waals surface area contributed by atoms with E-state index >= 15 is 0 Å². The largest absolute Gasteiger partial charge is 0.389 e. The molecule has 1 saturated carbocycles. The van der Waals surface area contributed by atoms with Crippen LogP contribution in [0.1, 0.15) is 39.0 Å². The van der Waals surface area contributed by atoms with Gasteiger partial charge in [0.1, 0.15) is 0 Å². The molecule has 0 aromatic rings. The van der Waals surface area contributed by atoms with Crippen LogP contribution in [-0.4, -0.2) is 66.2 Å². The van der Waals surface area contributed by atoms with Crippen molar-refractivity contribution in [3.63, 3.8) is 0 Å². The van der Waals surface area contributed by atoms with Gasteiger partial charge in [0.25, 0.3) is 0 Å². The highest BCUT2D eigenvalue weighted by molar-refractivity contribution is 7.90. The summed E-state index contributed by atoms with van der Waals surface area (Å²) in [4.78, 5) is 13.5. The number of amides is 1. The van der Waals surface area contributed by atoms with Crippen LogP contribution < -0.4 is 0 Å². The molecule has 0 aromatic heterocycles. The van der Waals surface area contributed by atoms with Crippen LogP contribution in [0.4, 0.5) is 0 Å². The van der Waals surface area contributed by atoms with Gasteiger partial charge in [-0.05, 0) is 32.6 Å². The molecule has 116 valence electrons. The monoisotopic (exact) mass is 304 g/mol. The zero-order valence-corrected chi connectivity index (χ0v) is 13.0. The summed E-state index contributed by atoms with van der Waals surface area (Å²) in [5.74, 6) is -0.0894. The first kappa shape index (κ1) is 15.7. The molecule has 0 aromatic carbocycles. The molecule has 1 N–H and O–H groups in total. The second-order valence-corrected chi connectivity index (χ2v) is 8.17. The van der Waals surface area contributed by atoms with E-state index in [1.54, 1.807) is 11.9 Å². The van der Waals surface area contributed by atoms with E-state index in [0.29, 0.717) is 32.5 Å². The summed E-state index contributed by atoms with van der Waals surface area (Å²) in [5.41, 5.74) is -1.06. The minimum absolute atomic E-state index is 0.0780. The highest BCUT2D eigenvalue weighted by Crippen LogP contribution is 2.34. The van der Waals surface area contributed by atoms with Crippen LogP contribution in [0.15, 0.2) is 0 Å². The number of piperidine rings is 1. The molecule has 0 unspecified atom stereocenters. The van der Waals surface area contributed by atoms with Crippen molar-refractivity contribution in [1.82, 2.24) is 9.21 Å². The summed E-state index contributed by atoms with van der Waals surface area (Å²) in [5, 5.41) is 10.2. The van der Waals surface area contributed by atoms with Crippen molar-refractivity contribution in [2.75, 3.05) is 26.7 Å². The molecule has 1 saturated heterocycles. The van der Waals surface area contributed by atoms with E-state index in [1.807, 2.05) is 6.92 Å². The van der Waals surface area contributed by atoms with Gasteiger partial charge in [-0.2, -0.15) is 0 Å². The molecule has 7 heteroatoms. The minimum Gasteiger partial charge on any atom is -0.389 e. The minimum atomic E-state index is -3.16. The molecule has 1 aliphatic carbocycles. The van der Waals surface area contributed by atoms with Gasteiger partial charge in [-0.15, -0.1) is 0 Å². The molecule has 0 atom stereocenters. The second kappa shape index (κ2) is 5.61. The maximum atomic E-state index is 12.1. The molecule has 2 rings (SSSR count).